The van der Waals surface area contributed by atoms with E-state index < -0.39 is 5.41 Å². The second kappa shape index (κ2) is 5.05. The largest absolute Gasteiger partial charge is 0.310 e. The highest BCUT2D eigenvalue weighted by atomic mass is 16.2. The number of nitrogens with zero attached hydrogens (tertiary/aromatic N) is 2. The topological polar surface area (TPSA) is 44.1 Å². The molecule has 1 amide bonds. The van der Waals surface area contributed by atoms with Gasteiger partial charge in [-0.25, -0.2) is 0 Å². The van der Waals surface area contributed by atoms with Crippen molar-refractivity contribution in [2.75, 3.05) is 11.4 Å². The first kappa shape index (κ1) is 13.6. The molecule has 19 heavy (non-hydrogen) atoms. The van der Waals surface area contributed by atoms with Crippen LogP contribution in [0.25, 0.3) is 0 Å². The molecule has 1 aromatic carbocycles. The highest BCUT2D eigenvalue weighted by molar-refractivity contribution is 6.00. The zero-order valence-corrected chi connectivity index (χ0v) is 11.8. The van der Waals surface area contributed by atoms with Crippen LogP contribution in [0.2, 0.25) is 0 Å². The van der Waals surface area contributed by atoms with E-state index in [0.29, 0.717) is 18.9 Å². The number of anilines is 1. The van der Waals surface area contributed by atoms with Gasteiger partial charge in [-0.2, -0.15) is 5.26 Å². The van der Waals surface area contributed by atoms with E-state index in [9.17, 15) is 10.1 Å². The molecule has 2 rings (SSSR count). The third-order valence-electron chi connectivity index (χ3n) is 4.02. The summed E-state index contributed by atoms with van der Waals surface area (Å²) >= 11 is 0. The lowest BCUT2D eigenvalue weighted by atomic mass is 9.85. The first-order valence-electron chi connectivity index (χ1n) is 6.83. The van der Waals surface area contributed by atoms with Gasteiger partial charge in [-0.15, -0.1) is 0 Å². The quantitative estimate of drug-likeness (QED) is 0.816. The van der Waals surface area contributed by atoms with Crippen LogP contribution in [-0.2, 0) is 11.2 Å². The monoisotopic (exact) mass is 256 g/mol. The van der Waals surface area contributed by atoms with Gasteiger partial charge in [0.2, 0.25) is 5.91 Å². The van der Waals surface area contributed by atoms with Gasteiger partial charge in [0.25, 0.3) is 0 Å². The van der Waals surface area contributed by atoms with E-state index in [1.165, 1.54) is 5.56 Å². The molecule has 1 aliphatic heterocycles. The van der Waals surface area contributed by atoms with Crippen molar-refractivity contribution in [2.45, 2.75) is 33.6 Å². The number of carbonyl (C=O) groups is 1. The number of amides is 1. The van der Waals surface area contributed by atoms with Gasteiger partial charge in [0.15, 0.2) is 0 Å². The number of carbonyl (C=O) groups excluding carboxylic acids is 1. The van der Waals surface area contributed by atoms with E-state index in [-0.39, 0.29) is 5.91 Å². The summed E-state index contributed by atoms with van der Waals surface area (Å²) in [6.45, 7) is 6.47. The van der Waals surface area contributed by atoms with Crippen LogP contribution in [0.4, 0.5) is 5.69 Å². The molecule has 0 fully saturated rings. The minimum atomic E-state index is -0.926. The van der Waals surface area contributed by atoms with Gasteiger partial charge in [0.05, 0.1) is 6.07 Å². The number of fused-ring (bicyclic) bond motifs is 1. The van der Waals surface area contributed by atoms with Crippen LogP contribution in [0, 0.1) is 22.7 Å². The summed E-state index contributed by atoms with van der Waals surface area (Å²) in [6.07, 6.45) is 1.53. The first-order valence-corrected chi connectivity index (χ1v) is 6.83. The van der Waals surface area contributed by atoms with Crippen LogP contribution in [0.3, 0.4) is 0 Å². The van der Waals surface area contributed by atoms with E-state index >= 15 is 0 Å². The first-order chi connectivity index (χ1) is 9.01. The van der Waals surface area contributed by atoms with Crippen molar-refractivity contribution < 1.29 is 4.79 Å². The Balaban J connectivity index is 2.41. The van der Waals surface area contributed by atoms with Gasteiger partial charge in [-0.1, -0.05) is 32.0 Å². The molecule has 0 spiro atoms. The Morgan fingerprint density at radius 2 is 2.21 bits per heavy atom. The SMILES string of the molecule is CCC(C)(C#N)C(=O)N1CC(C)Cc2ccccc21. The predicted octanol–water partition coefficient (Wildman–Crippen LogP) is 3.15. The summed E-state index contributed by atoms with van der Waals surface area (Å²) in [4.78, 5) is 14.5. The van der Waals surface area contributed by atoms with E-state index in [1.807, 2.05) is 25.1 Å². The lowest BCUT2D eigenvalue weighted by Gasteiger charge is -2.36. The van der Waals surface area contributed by atoms with Crippen molar-refractivity contribution in [3.05, 3.63) is 29.8 Å². The normalized spacial score (nSPS) is 21.2. The third-order valence-corrected chi connectivity index (χ3v) is 4.02. The lowest BCUT2D eigenvalue weighted by Crippen LogP contribution is -2.46. The van der Waals surface area contributed by atoms with Crippen LogP contribution in [0.15, 0.2) is 24.3 Å². The maximum atomic E-state index is 12.7. The summed E-state index contributed by atoms with van der Waals surface area (Å²) in [6, 6.07) is 10.2. The van der Waals surface area contributed by atoms with Crippen molar-refractivity contribution in [1.82, 2.24) is 0 Å². The van der Waals surface area contributed by atoms with Crippen LogP contribution in [-0.4, -0.2) is 12.5 Å². The number of benzene rings is 1. The Labute approximate surface area is 114 Å². The predicted molar refractivity (Wildman–Crippen MR) is 75.7 cm³/mol. The molecule has 0 saturated carbocycles. The molecule has 1 heterocycles. The molecule has 1 aromatic rings. The molecule has 0 aromatic heterocycles. The van der Waals surface area contributed by atoms with Crippen LogP contribution in [0.5, 0.6) is 0 Å². The maximum Gasteiger partial charge on any atom is 0.247 e. The van der Waals surface area contributed by atoms with Gasteiger partial charge < -0.3 is 4.90 Å². The molecule has 0 saturated heterocycles. The van der Waals surface area contributed by atoms with Crippen LogP contribution >= 0.6 is 0 Å². The van der Waals surface area contributed by atoms with Crippen molar-refractivity contribution in [2.24, 2.45) is 11.3 Å². The summed E-state index contributed by atoms with van der Waals surface area (Å²) in [5.74, 6) is 0.357. The number of nitriles is 1. The maximum absolute atomic E-state index is 12.7. The molecule has 0 aliphatic carbocycles. The Hall–Kier alpha value is -1.82. The molecule has 2 unspecified atom stereocenters. The van der Waals surface area contributed by atoms with Crippen molar-refractivity contribution in [3.63, 3.8) is 0 Å². The summed E-state index contributed by atoms with van der Waals surface area (Å²) in [7, 11) is 0. The van der Waals surface area contributed by atoms with Crippen molar-refractivity contribution >= 4 is 11.6 Å². The minimum Gasteiger partial charge on any atom is -0.310 e. The zero-order valence-electron chi connectivity index (χ0n) is 11.8. The van der Waals surface area contributed by atoms with E-state index in [1.54, 1.807) is 11.8 Å². The molecule has 2 atom stereocenters. The molecule has 0 N–H and O–H groups in total. The van der Waals surface area contributed by atoms with Crippen molar-refractivity contribution in [1.29, 1.82) is 5.26 Å². The molecule has 1 aliphatic rings. The van der Waals surface area contributed by atoms with E-state index in [0.717, 1.165) is 12.1 Å². The van der Waals surface area contributed by atoms with Crippen LogP contribution in [0.1, 0.15) is 32.8 Å². The highest BCUT2D eigenvalue weighted by Crippen LogP contribution is 2.33. The Kier molecular flexibility index (Phi) is 3.61. The standard InChI is InChI=1S/C16H20N2O/c1-4-16(3,11-17)15(19)18-10-12(2)9-13-7-5-6-8-14(13)18/h5-8,12H,4,9-10H2,1-3H3. The smallest absolute Gasteiger partial charge is 0.247 e. The van der Waals surface area contributed by atoms with E-state index in [2.05, 4.69) is 19.1 Å². The van der Waals surface area contributed by atoms with E-state index in [4.69, 9.17) is 0 Å². The molecule has 0 radical (unpaired) electrons. The highest BCUT2D eigenvalue weighted by Gasteiger charge is 2.38. The Morgan fingerprint density at radius 1 is 1.53 bits per heavy atom. The summed E-state index contributed by atoms with van der Waals surface area (Å²) in [5, 5.41) is 9.30. The summed E-state index contributed by atoms with van der Waals surface area (Å²) in [5.41, 5.74) is 1.25. The number of para-hydroxylation sites is 1. The molecular weight excluding hydrogens is 236 g/mol. The number of rotatable bonds is 2. The summed E-state index contributed by atoms with van der Waals surface area (Å²) < 4.78 is 0. The van der Waals surface area contributed by atoms with Gasteiger partial charge >= 0.3 is 0 Å². The van der Waals surface area contributed by atoms with Gasteiger partial charge in [0.1, 0.15) is 5.41 Å². The molecule has 3 nitrogen and oxygen atoms in total. The Morgan fingerprint density at radius 3 is 2.84 bits per heavy atom. The zero-order chi connectivity index (χ0) is 14.0. The molecular formula is C16H20N2O. The van der Waals surface area contributed by atoms with Crippen molar-refractivity contribution in [3.8, 4) is 6.07 Å². The molecule has 0 bridgehead atoms. The molecule has 3 heteroatoms. The minimum absolute atomic E-state index is 0.0727. The molecule has 100 valence electrons. The average Bonchev–Trinajstić information content (AvgIpc) is 2.44. The van der Waals surface area contributed by atoms with Gasteiger partial charge in [-0.05, 0) is 37.3 Å². The number of hydrogen-bond donors (Lipinski definition) is 0. The third kappa shape index (κ3) is 2.35. The fourth-order valence-electron chi connectivity index (χ4n) is 2.57. The Bertz CT molecular complexity index is 532. The second-order valence-electron chi connectivity index (χ2n) is 5.65. The van der Waals surface area contributed by atoms with Gasteiger partial charge in [-0.3, -0.25) is 4.79 Å². The fraction of sp³-hybridized carbons (Fsp3) is 0.500. The van der Waals surface area contributed by atoms with Gasteiger partial charge in [0, 0.05) is 12.2 Å². The second-order valence-corrected chi connectivity index (χ2v) is 5.65. The lowest BCUT2D eigenvalue weighted by molar-refractivity contribution is -0.125. The number of hydrogen-bond acceptors (Lipinski definition) is 2. The fourth-order valence-corrected chi connectivity index (χ4v) is 2.57. The average molecular weight is 256 g/mol. The van der Waals surface area contributed by atoms with Crippen LogP contribution < -0.4 is 4.90 Å².